The van der Waals surface area contributed by atoms with Gasteiger partial charge in [-0.25, -0.2) is 9.67 Å². The van der Waals surface area contributed by atoms with E-state index in [9.17, 15) is 5.26 Å². The van der Waals surface area contributed by atoms with Crippen LogP contribution in [-0.2, 0) is 7.05 Å². The van der Waals surface area contributed by atoms with E-state index in [-0.39, 0.29) is 0 Å². The molecular weight excluding hydrogens is 438 g/mol. The number of hydrogen-bond donors (Lipinski definition) is 0. The minimum Gasteiger partial charge on any atom is -0.486 e. The van der Waals surface area contributed by atoms with Crippen LogP contribution in [0.3, 0.4) is 0 Å². The van der Waals surface area contributed by atoms with Gasteiger partial charge in [0.1, 0.15) is 25.0 Å². The third kappa shape index (κ3) is 3.71. The van der Waals surface area contributed by atoms with Crippen LogP contribution in [-0.4, -0.2) is 32.5 Å². The van der Waals surface area contributed by atoms with Crippen LogP contribution < -0.4 is 9.47 Å². The van der Waals surface area contributed by atoms with Gasteiger partial charge in [-0.05, 0) is 48.5 Å². The Hall–Kier alpha value is -4.83. The maximum Gasteiger partial charge on any atom is 0.162 e. The molecule has 0 fully saturated rings. The number of fused-ring (bicyclic) bond motifs is 2. The van der Waals surface area contributed by atoms with E-state index in [0.717, 1.165) is 39.3 Å². The molecule has 0 N–H and O–H groups in total. The van der Waals surface area contributed by atoms with E-state index in [4.69, 9.17) is 19.6 Å². The van der Waals surface area contributed by atoms with Gasteiger partial charge in [0.25, 0.3) is 0 Å². The molecular formula is C28H21N5O2. The first-order valence-electron chi connectivity index (χ1n) is 11.3. The zero-order chi connectivity index (χ0) is 23.8. The van der Waals surface area contributed by atoms with E-state index in [1.807, 2.05) is 101 Å². The van der Waals surface area contributed by atoms with Crippen LogP contribution in [0.25, 0.3) is 39.6 Å². The lowest BCUT2D eigenvalue weighted by Crippen LogP contribution is -2.15. The second kappa shape index (κ2) is 8.50. The third-order valence-corrected chi connectivity index (χ3v) is 6.03. The summed E-state index contributed by atoms with van der Waals surface area (Å²) in [6.45, 7) is 1.04. The Kier molecular flexibility index (Phi) is 5.04. The highest BCUT2D eigenvalue weighted by atomic mass is 16.6. The van der Waals surface area contributed by atoms with E-state index in [1.54, 1.807) is 0 Å². The molecule has 1 aliphatic heterocycles. The Morgan fingerprint density at radius 3 is 2.54 bits per heavy atom. The second-order valence-electron chi connectivity index (χ2n) is 8.22. The molecule has 0 amide bonds. The third-order valence-electron chi connectivity index (χ3n) is 6.03. The smallest absolute Gasteiger partial charge is 0.162 e. The summed E-state index contributed by atoms with van der Waals surface area (Å²) in [4.78, 5) is 4.71. The molecule has 0 atom stereocenters. The van der Waals surface area contributed by atoms with Crippen molar-refractivity contribution in [2.45, 2.75) is 0 Å². The minimum absolute atomic E-state index is 0.454. The Morgan fingerprint density at radius 1 is 0.971 bits per heavy atom. The second-order valence-corrected chi connectivity index (χ2v) is 8.22. The van der Waals surface area contributed by atoms with Crippen molar-refractivity contribution in [3.05, 3.63) is 90.4 Å². The summed E-state index contributed by atoms with van der Waals surface area (Å²) < 4.78 is 15.2. The zero-order valence-corrected chi connectivity index (χ0v) is 19.0. The zero-order valence-electron chi connectivity index (χ0n) is 19.0. The average molecular weight is 460 g/mol. The molecule has 0 saturated carbocycles. The van der Waals surface area contributed by atoms with Crippen LogP contribution in [0.4, 0.5) is 0 Å². The molecule has 0 saturated heterocycles. The van der Waals surface area contributed by atoms with Crippen molar-refractivity contribution in [3.63, 3.8) is 0 Å². The molecule has 3 aromatic carbocycles. The number of aromatic nitrogens is 4. The van der Waals surface area contributed by atoms with E-state index in [2.05, 4.69) is 6.07 Å². The molecule has 0 radical (unpaired) electrons. The highest BCUT2D eigenvalue weighted by molar-refractivity contribution is 5.93. The Bertz CT molecular complexity index is 1620. The monoisotopic (exact) mass is 459 g/mol. The van der Waals surface area contributed by atoms with Crippen molar-refractivity contribution >= 4 is 22.7 Å². The molecule has 0 aliphatic carbocycles. The largest absolute Gasteiger partial charge is 0.486 e. The maximum absolute atomic E-state index is 10.1. The van der Waals surface area contributed by atoms with Crippen LogP contribution in [0.2, 0.25) is 0 Å². The normalized spacial score (nSPS) is 13.1. The van der Waals surface area contributed by atoms with Crippen LogP contribution in [0, 0.1) is 11.3 Å². The van der Waals surface area contributed by atoms with Crippen LogP contribution >= 0.6 is 0 Å². The van der Waals surface area contributed by atoms with Crippen LogP contribution in [0.15, 0.2) is 79.0 Å². The predicted octanol–water partition coefficient (Wildman–Crippen LogP) is 5.26. The standard InChI is InChI=1S/C28H21N5O2/c1-32-24-10-6-5-9-23(24)30-28(32)20(17-29)15-21-18-33(22-7-3-2-4-8-22)31-27(21)19-11-12-25-26(16-19)35-14-13-34-25/h2-12,15-16,18H,13-14H2,1H3. The Morgan fingerprint density at radius 2 is 1.74 bits per heavy atom. The Labute approximate surface area is 202 Å². The van der Waals surface area contributed by atoms with Gasteiger partial charge in [0.2, 0.25) is 0 Å². The van der Waals surface area contributed by atoms with Crippen molar-refractivity contribution < 1.29 is 9.47 Å². The number of ether oxygens (including phenoxy) is 2. The number of hydrogen-bond acceptors (Lipinski definition) is 5. The van der Waals surface area contributed by atoms with Crippen molar-refractivity contribution in [3.8, 4) is 34.5 Å². The van der Waals surface area contributed by atoms with Crippen molar-refractivity contribution in [1.82, 2.24) is 19.3 Å². The molecule has 7 heteroatoms. The highest BCUT2D eigenvalue weighted by Crippen LogP contribution is 2.36. The lowest BCUT2D eigenvalue weighted by atomic mass is 10.0. The lowest BCUT2D eigenvalue weighted by Gasteiger charge is -2.18. The average Bonchev–Trinajstić information content (AvgIpc) is 3.49. The fourth-order valence-corrected chi connectivity index (χ4v) is 4.31. The summed E-state index contributed by atoms with van der Waals surface area (Å²) in [5.74, 6) is 2.01. The van der Waals surface area contributed by atoms with Gasteiger partial charge in [-0.3, -0.25) is 0 Å². The number of benzene rings is 3. The summed E-state index contributed by atoms with van der Waals surface area (Å²) >= 11 is 0. The number of nitriles is 1. The number of aryl methyl sites for hydroxylation is 1. The maximum atomic E-state index is 10.1. The molecule has 6 rings (SSSR count). The lowest BCUT2D eigenvalue weighted by molar-refractivity contribution is 0.171. The summed E-state index contributed by atoms with van der Waals surface area (Å²) in [6, 6.07) is 25.9. The first-order chi connectivity index (χ1) is 17.2. The number of imidazole rings is 1. The molecule has 170 valence electrons. The van der Waals surface area contributed by atoms with Gasteiger partial charge >= 0.3 is 0 Å². The number of nitrogens with zero attached hydrogens (tertiary/aromatic N) is 5. The van der Waals surface area contributed by atoms with Gasteiger partial charge in [-0.1, -0.05) is 30.3 Å². The first kappa shape index (κ1) is 20.8. The van der Waals surface area contributed by atoms with E-state index in [1.165, 1.54) is 0 Å². The van der Waals surface area contributed by atoms with E-state index < -0.39 is 0 Å². The number of para-hydroxylation sites is 3. The summed E-state index contributed by atoms with van der Waals surface area (Å²) in [5.41, 5.74) is 5.60. The van der Waals surface area contributed by atoms with Gasteiger partial charge in [0.05, 0.1) is 22.3 Å². The van der Waals surface area contributed by atoms with Crippen molar-refractivity contribution in [2.24, 2.45) is 7.05 Å². The highest BCUT2D eigenvalue weighted by Gasteiger charge is 2.18. The van der Waals surface area contributed by atoms with Gasteiger partial charge in [-0.15, -0.1) is 0 Å². The quantitative estimate of drug-likeness (QED) is 0.343. The SMILES string of the molecule is Cn1c(C(C#N)=Cc2cn(-c3ccccc3)nc2-c2ccc3c(c2)OCCO3)nc2ccccc21. The molecule has 5 aromatic rings. The van der Waals surface area contributed by atoms with Gasteiger partial charge in [0.15, 0.2) is 17.3 Å². The molecule has 3 heterocycles. The first-order valence-corrected chi connectivity index (χ1v) is 11.3. The fourth-order valence-electron chi connectivity index (χ4n) is 4.31. The topological polar surface area (TPSA) is 77.9 Å². The van der Waals surface area contributed by atoms with E-state index in [0.29, 0.717) is 30.4 Å². The number of allylic oxidation sites excluding steroid dienone is 1. The molecule has 0 spiro atoms. The molecule has 0 unspecified atom stereocenters. The van der Waals surface area contributed by atoms with Gasteiger partial charge < -0.3 is 14.0 Å². The molecule has 35 heavy (non-hydrogen) atoms. The molecule has 7 nitrogen and oxygen atoms in total. The molecule has 0 bridgehead atoms. The van der Waals surface area contributed by atoms with Crippen LogP contribution in [0.1, 0.15) is 11.4 Å². The summed E-state index contributed by atoms with van der Waals surface area (Å²) in [7, 11) is 1.92. The molecule has 1 aliphatic rings. The van der Waals surface area contributed by atoms with Crippen molar-refractivity contribution in [1.29, 1.82) is 5.26 Å². The van der Waals surface area contributed by atoms with Gasteiger partial charge in [0, 0.05) is 24.4 Å². The summed E-state index contributed by atoms with van der Waals surface area (Å²) in [5, 5.41) is 15.0. The molecule has 2 aromatic heterocycles. The van der Waals surface area contributed by atoms with Crippen LogP contribution in [0.5, 0.6) is 11.5 Å². The Balaban J connectivity index is 1.52. The number of rotatable bonds is 4. The predicted molar refractivity (Wildman–Crippen MR) is 134 cm³/mol. The van der Waals surface area contributed by atoms with Gasteiger partial charge in [-0.2, -0.15) is 10.4 Å². The van der Waals surface area contributed by atoms with Crippen molar-refractivity contribution in [2.75, 3.05) is 13.2 Å². The fraction of sp³-hybridized carbons (Fsp3) is 0.107. The summed E-state index contributed by atoms with van der Waals surface area (Å²) in [6.07, 6.45) is 3.78. The minimum atomic E-state index is 0.454. The van der Waals surface area contributed by atoms with E-state index >= 15 is 0 Å².